The van der Waals surface area contributed by atoms with Gasteiger partial charge in [0.15, 0.2) is 0 Å². The van der Waals surface area contributed by atoms with Gasteiger partial charge in [-0.15, -0.1) is 18.3 Å². The molecule has 26 heavy (non-hydrogen) atoms. The lowest BCUT2D eigenvalue weighted by Gasteiger charge is -2.21. The van der Waals surface area contributed by atoms with Crippen LogP contribution < -0.4 is 0 Å². The second-order valence-electron chi connectivity index (χ2n) is 7.11. The van der Waals surface area contributed by atoms with Crippen LogP contribution in [0, 0.1) is 0 Å². The average Bonchev–Trinajstić information content (AvgIpc) is 2.59. The molecule has 0 rings (SSSR count). The van der Waals surface area contributed by atoms with Gasteiger partial charge in [-0.3, -0.25) is 4.79 Å². The molecule has 152 valence electrons. The van der Waals surface area contributed by atoms with E-state index in [1.165, 1.54) is 76.0 Å². The first-order valence-electron chi connectivity index (χ1n) is 10.1. The maximum absolute atomic E-state index is 12.1. The molecule has 0 aliphatic rings. The van der Waals surface area contributed by atoms with Crippen LogP contribution in [0.2, 0.25) is 0 Å². The van der Waals surface area contributed by atoms with Gasteiger partial charge >= 0.3 is 5.97 Å². The summed E-state index contributed by atoms with van der Waals surface area (Å²) in [5.74, 6) is 0.843. The summed E-state index contributed by atoms with van der Waals surface area (Å²) in [6, 6.07) is 0. The lowest BCUT2D eigenvalue weighted by molar-refractivity contribution is -0.145. The summed E-state index contributed by atoms with van der Waals surface area (Å²) in [6.45, 7) is 10.0. The third-order valence-corrected chi connectivity index (χ3v) is 6.88. The molecular formula is C21H38O2S3. The summed E-state index contributed by atoms with van der Waals surface area (Å²) in [4.78, 5) is 12.1. The number of ether oxygens (including phenoxy) is 1. The van der Waals surface area contributed by atoms with Gasteiger partial charge < -0.3 is 4.74 Å². The van der Waals surface area contributed by atoms with Crippen molar-refractivity contribution in [1.82, 2.24) is 0 Å². The van der Waals surface area contributed by atoms with Crippen LogP contribution in [-0.4, -0.2) is 26.6 Å². The highest BCUT2D eigenvalue weighted by Crippen LogP contribution is 2.32. The van der Waals surface area contributed by atoms with Crippen molar-refractivity contribution in [2.75, 3.05) is 12.4 Å². The molecule has 0 atom stereocenters. The molecule has 0 saturated heterocycles. The molecule has 0 N–H and O–H groups in total. The van der Waals surface area contributed by atoms with Crippen molar-refractivity contribution in [3.63, 3.8) is 0 Å². The van der Waals surface area contributed by atoms with Gasteiger partial charge in [-0.05, 0) is 32.4 Å². The molecular weight excluding hydrogens is 380 g/mol. The molecule has 0 unspecified atom stereocenters. The maximum atomic E-state index is 12.1. The highest BCUT2D eigenvalue weighted by molar-refractivity contribution is 8.47. The molecule has 0 radical (unpaired) electrons. The van der Waals surface area contributed by atoms with E-state index in [4.69, 9.17) is 17.0 Å². The largest absolute Gasteiger partial charge is 0.464 e. The summed E-state index contributed by atoms with van der Waals surface area (Å²) < 4.78 is 5.48. The molecule has 0 aliphatic heterocycles. The standard InChI is InChI=1S/C21H38O2S3/c1-5-7-9-10-11-12-13-14-15-16-18-25-20(24)26-21(3,4)19(22)23-17-8-6-2/h6H,2,5,7-18H2,1,3-4H3. The number of thiocarbonyl (C=S) groups is 1. The van der Waals surface area contributed by atoms with Crippen LogP contribution in [0.5, 0.6) is 0 Å². The minimum Gasteiger partial charge on any atom is -0.464 e. The summed E-state index contributed by atoms with van der Waals surface area (Å²) >= 11 is 8.57. The van der Waals surface area contributed by atoms with Gasteiger partial charge in [0.2, 0.25) is 0 Å². The molecule has 2 nitrogen and oxygen atoms in total. The van der Waals surface area contributed by atoms with E-state index in [1.807, 2.05) is 13.8 Å². The fourth-order valence-electron chi connectivity index (χ4n) is 2.43. The zero-order valence-electron chi connectivity index (χ0n) is 17.0. The molecule has 0 fully saturated rings. The minimum absolute atomic E-state index is 0.203. The zero-order valence-corrected chi connectivity index (χ0v) is 19.5. The average molecular weight is 419 g/mol. The number of unbranched alkanes of at least 4 members (excludes halogenated alkanes) is 9. The van der Waals surface area contributed by atoms with Gasteiger partial charge in [0.25, 0.3) is 0 Å². The van der Waals surface area contributed by atoms with Crippen LogP contribution in [0.1, 0.15) is 91.4 Å². The highest BCUT2D eigenvalue weighted by Gasteiger charge is 2.31. The Balaban J connectivity index is 3.63. The third kappa shape index (κ3) is 15.1. The Kier molecular flexibility index (Phi) is 17.1. The van der Waals surface area contributed by atoms with Crippen molar-refractivity contribution in [1.29, 1.82) is 0 Å². The minimum atomic E-state index is -0.622. The molecule has 0 bridgehead atoms. The third-order valence-electron chi connectivity index (χ3n) is 4.10. The molecule has 0 saturated carbocycles. The Morgan fingerprint density at radius 1 is 1.04 bits per heavy atom. The Morgan fingerprint density at radius 3 is 2.12 bits per heavy atom. The van der Waals surface area contributed by atoms with Gasteiger partial charge in [0, 0.05) is 0 Å². The second kappa shape index (κ2) is 17.1. The monoisotopic (exact) mass is 418 g/mol. The van der Waals surface area contributed by atoms with Crippen molar-refractivity contribution in [2.24, 2.45) is 0 Å². The topological polar surface area (TPSA) is 26.3 Å². The number of thioether (sulfide) groups is 2. The SMILES string of the molecule is C=CCCOC(=O)C(C)(C)SC(=S)SCCCCCCCCCCCC. The van der Waals surface area contributed by atoms with Crippen LogP contribution >= 0.6 is 35.7 Å². The molecule has 0 aromatic heterocycles. The summed E-state index contributed by atoms with van der Waals surface area (Å²) in [5.41, 5.74) is 0. The predicted molar refractivity (Wildman–Crippen MR) is 124 cm³/mol. The van der Waals surface area contributed by atoms with E-state index in [-0.39, 0.29) is 5.97 Å². The Hall–Kier alpha value is -0.000000000000000111. The molecule has 5 heteroatoms. The molecule has 0 spiro atoms. The predicted octanol–water partition coefficient (Wildman–Crippen LogP) is 7.56. The number of esters is 1. The molecule has 0 heterocycles. The Labute approximate surface area is 175 Å². The van der Waals surface area contributed by atoms with E-state index in [1.54, 1.807) is 17.8 Å². The number of rotatable bonds is 16. The van der Waals surface area contributed by atoms with Crippen LogP contribution in [0.4, 0.5) is 0 Å². The van der Waals surface area contributed by atoms with Crippen LogP contribution in [0.25, 0.3) is 0 Å². The van der Waals surface area contributed by atoms with Crippen molar-refractivity contribution >= 4 is 45.2 Å². The van der Waals surface area contributed by atoms with Crippen LogP contribution in [0.3, 0.4) is 0 Å². The normalized spacial score (nSPS) is 11.3. The molecule has 0 aromatic rings. The maximum Gasteiger partial charge on any atom is 0.322 e. The summed E-state index contributed by atoms with van der Waals surface area (Å²) in [5, 5.41) is 0. The number of hydrogen-bond acceptors (Lipinski definition) is 5. The summed E-state index contributed by atoms with van der Waals surface area (Å²) in [7, 11) is 0. The lowest BCUT2D eigenvalue weighted by atomic mass is 10.1. The lowest BCUT2D eigenvalue weighted by Crippen LogP contribution is -2.31. The van der Waals surface area contributed by atoms with E-state index in [2.05, 4.69) is 13.5 Å². The fourth-order valence-corrected chi connectivity index (χ4v) is 5.49. The first-order valence-corrected chi connectivity index (χ1v) is 12.3. The molecule has 0 aromatic carbocycles. The summed E-state index contributed by atoms with van der Waals surface area (Å²) in [6.07, 6.45) is 15.9. The quantitative estimate of drug-likeness (QED) is 0.111. The van der Waals surface area contributed by atoms with Crippen molar-refractivity contribution in [3.05, 3.63) is 12.7 Å². The molecule has 0 amide bonds. The first kappa shape index (κ1) is 26.0. The number of carbonyl (C=O) groups excluding carboxylic acids is 1. The van der Waals surface area contributed by atoms with Crippen LogP contribution in [0.15, 0.2) is 12.7 Å². The van der Waals surface area contributed by atoms with Gasteiger partial charge in [-0.1, -0.05) is 94.8 Å². The van der Waals surface area contributed by atoms with E-state index >= 15 is 0 Å². The van der Waals surface area contributed by atoms with Gasteiger partial charge in [-0.2, -0.15) is 0 Å². The fraction of sp³-hybridized carbons (Fsp3) is 0.810. The van der Waals surface area contributed by atoms with Gasteiger partial charge in [-0.25, -0.2) is 0 Å². The number of carbonyl (C=O) groups is 1. The van der Waals surface area contributed by atoms with Gasteiger partial charge in [0.05, 0.1) is 6.61 Å². The van der Waals surface area contributed by atoms with Crippen molar-refractivity contribution in [3.8, 4) is 0 Å². The van der Waals surface area contributed by atoms with Crippen molar-refractivity contribution < 1.29 is 9.53 Å². The zero-order chi connectivity index (χ0) is 19.7. The first-order chi connectivity index (χ1) is 12.4. The number of hydrogen-bond donors (Lipinski definition) is 0. The molecule has 0 aliphatic carbocycles. The smallest absolute Gasteiger partial charge is 0.322 e. The second-order valence-corrected chi connectivity index (χ2v) is 11.0. The van der Waals surface area contributed by atoms with Crippen molar-refractivity contribution in [2.45, 2.75) is 96.1 Å². The van der Waals surface area contributed by atoms with Gasteiger partial charge in [0.1, 0.15) is 8.28 Å². The van der Waals surface area contributed by atoms with E-state index < -0.39 is 4.75 Å². The van der Waals surface area contributed by atoms with E-state index in [0.717, 1.165) is 9.28 Å². The Morgan fingerprint density at radius 2 is 1.58 bits per heavy atom. The van der Waals surface area contributed by atoms with Crippen LogP contribution in [-0.2, 0) is 9.53 Å². The highest BCUT2D eigenvalue weighted by atomic mass is 32.2. The Bertz CT molecular complexity index is 395. The van der Waals surface area contributed by atoms with E-state index in [0.29, 0.717) is 13.0 Å². The van der Waals surface area contributed by atoms with E-state index in [9.17, 15) is 4.79 Å².